The molecule has 1 saturated heterocycles. The topological polar surface area (TPSA) is 105 Å². The van der Waals surface area contributed by atoms with Crippen LogP contribution in [0.15, 0.2) is 42.5 Å². The molecule has 1 aliphatic rings. The smallest absolute Gasteiger partial charge is 0.271 e. The zero-order valence-corrected chi connectivity index (χ0v) is 17.6. The van der Waals surface area contributed by atoms with E-state index in [1.165, 1.54) is 25.3 Å². The van der Waals surface area contributed by atoms with Crippen molar-refractivity contribution in [3.8, 4) is 5.75 Å². The second kappa shape index (κ2) is 8.99. The first kappa shape index (κ1) is 22.0. The number of likely N-dealkylation sites (tertiary alicyclic amines) is 1. The second-order valence-electron chi connectivity index (χ2n) is 7.56. The standard InChI is InChI=1S/C21H24ClN3O5/c1-14(20(26)23-18-11-17(25(28)29)6-7-19(18)30-2)24-9-8-21(27,13-24)12-15-4-3-5-16(22)10-15/h3-7,10-11,14,27H,8-9,12-13H2,1-2H3,(H,23,26). The molecule has 2 atom stereocenters. The summed E-state index contributed by atoms with van der Waals surface area (Å²) in [5.74, 6) is 0.000775. The highest BCUT2D eigenvalue weighted by Crippen LogP contribution is 2.31. The predicted molar refractivity (Wildman–Crippen MR) is 114 cm³/mol. The van der Waals surface area contributed by atoms with E-state index in [0.29, 0.717) is 36.7 Å². The maximum Gasteiger partial charge on any atom is 0.271 e. The molecule has 0 radical (unpaired) electrons. The van der Waals surface area contributed by atoms with Crippen LogP contribution in [0, 0.1) is 10.1 Å². The number of benzene rings is 2. The van der Waals surface area contributed by atoms with Gasteiger partial charge in [-0.3, -0.25) is 19.8 Å². The SMILES string of the molecule is COc1ccc([N+](=O)[O-])cc1NC(=O)C(C)N1CCC(O)(Cc2cccc(Cl)c2)C1. The summed E-state index contributed by atoms with van der Waals surface area (Å²) >= 11 is 6.03. The monoisotopic (exact) mass is 433 g/mol. The number of nitrogens with one attached hydrogen (secondary N) is 1. The van der Waals surface area contributed by atoms with Crippen molar-refractivity contribution in [2.75, 3.05) is 25.5 Å². The van der Waals surface area contributed by atoms with E-state index >= 15 is 0 Å². The Morgan fingerprint density at radius 3 is 2.83 bits per heavy atom. The van der Waals surface area contributed by atoms with Crippen molar-refractivity contribution in [2.45, 2.75) is 31.4 Å². The molecule has 0 bridgehead atoms. The number of hydrogen-bond acceptors (Lipinski definition) is 6. The van der Waals surface area contributed by atoms with E-state index in [2.05, 4.69) is 5.32 Å². The summed E-state index contributed by atoms with van der Waals surface area (Å²) in [4.78, 5) is 25.2. The molecule has 1 amide bonds. The van der Waals surface area contributed by atoms with E-state index in [-0.39, 0.29) is 17.3 Å². The molecule has 0 spiro atoms. The van der Waals surface area contributed by atoms with Crippen LogP contribution >= 0.6 is 11.6 Å². The minimum absolute atomic E-state index is 0.143. The number of methoxy groups -OCH3 is 1. The van der Waals surface area contributed by atoms with Crippen molar-refractivity contribution in [1.82, 2.24) is 4.90 Å². The van der Waals surface area contributed by atoms with Gasteiger partial charge in [0.2, 0.25) is 5.91 Å². The minimum Gasteiger partial charge on any atom is -0.495 e. The molecule has 1 aliphatic heterocycles. The first-order chi connectivity index (χ1) is 14.2. The summed E-state index contributed by atoms with van der Waals surface area (Å²) < 4.78 is 5.19. The van der Waals surface area contributed by atoms with E-state index in [0.717, 1.165) is 5.56 Å². The number of halogens is 1. The average Bonchev–Trinajstić information content (AvgIpc) is 3.08. The fourth-order valence-corrected chi connectivity index (χ4v) is 3.91. The van der Waals surface area contributed by atoms with E-state index in [1.807, 2.05) is 23.1 Å². The molecule has 2 N–H and O–H groups in total. The van der Waals surface area contributed by atoms with Crippen molar-refractivity contribution in [2.24, 2.45) is 0 Å². The highest BCUT2D eigenvalue weighted by atomic mass is 35.5. The van der Waals surface area contributed by atoms with Crippen LogP contribution in [0.25, 0.3) is 0 Å². The van der Waals surface area contributed by atoms with Gasteiger partial charge in [-0.15, -0.1) is 0 Å². The van der Waals surface area contributed by atoms with Crippen LogP contribution in [-0.4, -0.2) is 52.7 Å². The van der Waals surface area contributed by atoms with Crippen molar-refractivity contribution in [1.29, 1.82) is 0 Å². The third kappa shape index (κ3) is 5.08. The summed E-state index contributed by atoms with van der Waals surface area (Å²) in [6, 6.07) is 10.8. The molecule has 0 aliphatic carbocycles. The van der Waals surface area contributed by atoms with Gasteiger partial charge in [-0.05, 0) is 37.1 Å². The number of non-ortho nitro benzene ring substituents is 1. The minimum atomic E-state index is -0.956. The molecular weight excluding hydrogens is 410 g/mol. The molecule has 1 heterocycles. The van der Waals surface area contributed by atoms with Gasteiger partial charge in [0, 0.05) is 36.7 Å². The van der Waals surface area contributed by atoms with Crippen LogP contribution in [0.3, 0.4) is 0 Å². The summed E-state index contributed by atoms with van der Waals surface area (Å²) in [7, 11) is 1.43. The number of rotatable bonds is 7. The summed E-state index contributed by atoms with van der Waals surface area (Å²) in [5.41, 5.74) is 0.0701. The molecule has 160 valence electrons. The second-order valence-corrected chi connectivity index (χ2v) is 7.99. The van der Waals surface area contributed by atoms with Gasteiger partial charge in [-0.2, -0.15) is 0 Å². The number of amides is 1. The molecule has 30 heavy (non-hydrogen) atoms. The Balaban J connectivity index is 1.67. The number of carbonyl (C=O) groups excluding carboxylic acids is 1. The van der Waals surface area contributed by atoms with E-state index in [1.54, 1.807) is 13.0 Å². The lowest BCUT2D eigenvalue weighted by molar-refractivity contribution is -0.384. The number of nitro benzene ring substituents is 1. The van der Waals surface area contributed by atoms with Gasteiger partial charge in [0.05, 0.1) is 29.4 Å². The van der Waals surface area contributed by atoms with Crippen molar-refractivity contribution in [3.63, 3.8) is 0 Å². The number of carbonyl (C=O) groups is 1. The highest BCUT2D eigenvalue weighted by molar-refractivity contribution is 6.30. The Hall–Kier alpha value is -2.68. The number of ether oxygens (including phenoxy) is 1. The Kier molecular flexibility index (Phi) is 6.60. The molecule has 9 heteroatoms. The predicted octanol–water partition coefficient (Wildman–Crippen LogP) is 3.26. The van der Waals surface area contributed by atoms with E-state index in [4.69, 9.17) is 16.3 Å². The zero-order chi connectivity index (χ0) is 21.9. The molecule has 0 saturated carbocycles. The lowest BCUT2D eigenvalue weighted by atomic mass is 9.94. The Labute approximate surface area is 179 Å². The summed E-state index contributed by atoms with van der Waals surface area (Å²) in [6.45, 7) is 2.63. The lowest BCUT2D eigenvalue weighted by Crippen LogP contribution is -2.44. The number of nitrogens with zero attached hydrogens (tertiary/aromatic N) is 2. The lowest BCUT2D eigenvalue weighted by Gasteiger charge is -2.27. The van der Waals surface area contributed by atoms with Gasteiger partial charge in [0.15, 0.2) is 0 Å². The number of aliphatic hydroxyl groups is 1. The van der Waals surface area contributed by atoms with Gasteiger partial charge >= 0.3 is 0 Å². The zero-order valence-electron chi connectivity index (χ0n) is 16.8. The largest absolute Gasteiger partial charge is 0.495 e. The molecule has 2 aromatic rings. The van der Waals surface area contributed by atoms with Crippen molar-refractivity contribution >= 4 is 28.9 Å². The fourth-order valence-electron chi connectivity index (χ4n) is 3.70. The van der Waals surface area contributed by atoms with Crippen LogP contribution in [-0.2, 0) is 11.2 Å². The molecular formula is C21H24ClN3O5. The van der Waals surface area contributed by atoms with Crippen LogP contribution < -0.4 is 10.1 Å². The van der Waals surface area contributed by atoms with Crippen molar-refractivity contribution < 1.29 is 19.6 Å². The Morgan fingerprint density at radius 2 is 2.17 bits per heavy atom. The number of hydrogen-bond donors (Lipinski definition) is 2. The quantitative estimate of drug-likeness (QED) is 0.513. The molecule has 2 aromatic carbocycles. The third-order valence-electron chi connectivity index (χ3n) is 5.36. The average molecular weight is 434 g/mol. The molecule has 1 fully saturated rings. The first-order valence-electron chi connectivity index (χ1n) is 9.55. The third-order valence-corrected chi connectivity index (χ3v) is 5.60. The summed E-state index contributed by atoms with van der Waals surface area (Å²) in [6.07, 6.45) is 0.967. The van der Waals surface area contributed by atoms with Crippen LogP contribution in [0.4, 0.5) is 11.4 Å². The van der Waals surface area contributed by atoms with Gasteiger partial charge in [-0.25, -0.2) is 0 Å². The molecule has 8 nitrogen and oxygen atoms in total. The van der Waals surface area contributed by atoms with E-state index < -0.39 is 16.6 Å². The molecule has 2 unspecified atom stereocenters. The Bertz CT molecular complexity index is 954. The van der Waals surface area contributed by atoms with Gasteiger partial charge in [0.25, 0.3) is 5.69 Å². The Morgan fingerprint density at radius 1 is 1.40 bits per heavy atom. The van der Waals surface area contributed by atoms with Gasteiger partial charge < -0.3 is 15.2 Å². The fraction of sp³-hybridized carbons (Fsp3) is 0.381. The number of nitro groups is 1. The number of anilines is 1. The maximum absolute atomic E-state index is 12.8. The van der Waals surface area contributed by atoms with Crippen molar-refractivity contribution in [3.05, 3.63) is 63.2 Å². The normalized spacial score (nSPS) is 20.0. The highest BCUT2D eigenvalue weighted by Gasteiger charge is 2.39. The van der Waals surface area contributed by atoms with Crippen LogP contribution in [0.1, 0.15) is 18.9 Å². The van der Waals surface area contributed by atoms with Crippen LogP contribution in [0.2, 0.25) is 5.02 Å². The van der Waals surface area contributed by atoms with Gasteiger partial charge in [0.1, 0.15) is 5.75 Å². The first-order valence-corrected chi connectivity index (χ1v) is 9.93. The maximum atomic E-state index is 12.8. The van der Waals surface area contributed by atoms with E-state index in [9.17, 15) is 20.0 Å². The number of β-amino-alcohol motifs (C(OH)–C–C–N with tert-alkyl or cyclic N) is 1. The van der Waals surface area contributed by atoms with Gasteiger partial charge in [-0.1, -0.05) is 23.7 Å². The van der Waals surface area contributed by atoms with Crippen LogP contribution in [0.5, 0.6) is 5.75 Å². The molecule has 0 aromatic heterocycles. The summed E-state index contributed by atoms with van der Waals surface area (Å²) in [5, 5.41) is 25.4. The molecule has 3 rings (SSSR count).